The number of rotatable bonds is 6. The molecule has 5 nitrogen and oxygen atoms in total. The summed E-state index contributed by atoms with van der Waals surface area (Å²) in [5.41, 5.74) is -0.181. The molecule has 23 heavy (non-hydrogen) atoms. The highest BCUT2D eigenvalue weighted by Crippen LogP contribution is 2.32. The van der Waals surface area contributed by atoms with Crippen LogP contribution in [0.2, 0.25) is 0 Å². The number of hydrogen-bond donors (Lipinski definition) is 0. The fourth-order valence-electron chi connectivity index (χ4n) is 2.75. The number of hydrogen-bond acceptors (Lipinski definition) is 4. The van der Waals surface area contributed by atoms with E-state index in [1.165, 1.54) is 4.90 Å². The number of carbonyl (C=O) groups excluding carboxylic acids is 2. The molecular formula is C18H23NO4. The summed E-state index contributed by atoms with van der Waals surface area (Å²) in [5.74, 6) is 0.232. The number of amides is 2. The van der Waals surface area contributed by atoms with E-state index in [0.717, 1.165) is 12.8 Å². The van der Waals surface area contributed by atoms with Gasteiger partial charge in [0, 0.05) is 12.1 Å². The Morgan fingerprint density at radius 3 is 2.70 bits per heavy atom. The Balaban J connectivity index is 2.12. The number of nitrogens with zero attached hydrogens (tertiary/aromatic N) is 1. The van der Waals surface area contributed by atoms with Crippen LogP contribution >= 0.6 is 0 Å². The fraction of sp³-hybridized carbons (Fsp3) is 0.444. The van der Waals surface area contributed by atoms with Gasteiger partial charge in [-0.25, -0.2) is 0 Å². The van der Waals surface area contributed by atoms with Crippen LogP contribution in [0.15, 0.2) is 36.9 Å². The number of carbonyl (C=O) groups is 2. The van der Waals surface area contributed by atoms with Crippen molar-refractivity contribution in [2.45, 2.75) is 19.8 Å². The van der Waals surface area contributed by atoms with E-state index in [1.807, 2.05) is 6.92 Å². The molecule has 2 rings (SSSR count). The van der Waals surface area contributed by atoms with E-state index in [-0.39, 0.29) is 11.8 Å². The molecule has 1 aliphatic heterocycles. The SMILES string of the molecule is C=CCOC[C@]1(C)CCCN(C(=O)c2ccc(OC)cc2)C1=O. The monoisotopic (exact) mass is 317 g/mol. The molecule has 1 aliphatic rings. The highest BCUT2D eigenvalue weighted by molar-refractivity contribution is 6.06. The zero-order valence-electron chi connectivity index (χ0n) is 13.7. The summed E-state index contributed by atoms with van der Waals surface area (Å²) in [5, 5.41) is 0. The number of likely N-dealkylation sites (tertiary alicyclic amines) is 1. The molecule has 0 unspecified atom stereocenters. The standard InChI is InChI=1S/C18H23NO4/c1-4-12-23-13-18(2)10-5-11-19(17(18)21)16(20)14-6-8-15(22-3)9-7-14/h4,6-9H,1,5,10-13H2,2-3H3/t18-/m0/s1. The van der Waals surface area contributed by atoms with Gasteiger partial charge in [-0.2, -0.15) is 0 Å². The molecule has 1 heterocycles. The van der Waals surface area contributed by atoms with Crippen LogP contribution in [0.4, 0.5) is 0 Å². The highest BCUT2D eigenvalue weighted by atomic mass is 16.5. The summed E-state index contributed by atoms with van der Waals surface area (Å²) >= 11 is 0. The van der Waals surface area contributed by atoms with Crippen LogP contribution in [-0.4, -0.2) is 43.6 Å². The van der Waals surface area contributed by atoms with Crippen LogP contribution in [0.1, 0.15) is 30.1 Å². The number of piperidine rings is 1. The largest absolute Gasteiger partial charge is 0.497 e. The van der Waals surface area contributed by atoms with Crippen molar-refractivity contribution in [3.63, 3.8) is 0 Å². The maximum atomic E-state index is 12.8. The van der Waals surface area contributed by atoms with Gasteiger partial charge in [0.15, 0.2) is 0 Å². The first kappa shape index (κ1) is 17.2. The molecular weight excluding hydrogens is 294 g/mol. The first-order chi connectivity index (χ1) is 11.0. The molecule has 0 spiro atoms. The lowest BCUT2D eigenvalue weighted by molar-refractivity contribution is -0.145. The first-order valence-electron chi connectivity index (χ1n) is 7.71. The van der Waals surface area contributed by atoms with Gasteiger partial charge >= 0.3 is 0 Å². The van der Waals surface area contributed by atoms with Crippen molar-refractivity contribution < 1.29 is 19.1 Å². The van der Waals surface area contributed by atoms with Gasteiger partial charge in [-0.15, -0.1) is 6.58 Å². The van der Waals surface area contributed by atoms with Crippen LogP contribution in [0.25, 0.3) is 0 Å². The molecule has 0 radical (unpaired) electrons. The van der Waals surface area contributed by atoms with Crippen molar-refractivity contribution in [1.82, 2.24) is 4.90 Å². The third-order valence-corrected chi connectivity index (χ3v) is 4.11. The smallest absolute Gasteiger partial charge is 0.260 e. The predicted octanol–water partition coefficient (Wildman–Crippen LogP) is 2.67. The summed E-state index contributed by atoms with van der Waals surface area (Å²) in [6.07, 6.45) is 3.15. The van der Waals surface area contributed by atoms with E-state index in [0.29, 0.717) is 31.1 Å². The molecule has 1 atom stereocenters. The van der Waals surface area contributed by atoms with Gasteiger partial charge in [-0.1, -0.05) is 6.08 Å². The summed E-state index contributed by atoms with van der Waals surface area (Å²) in [4.78, 5) is 26.7. The Bertz CT molecular complexity index is 581. The Labute approximate surface area is 136 Å². The predicted molar refractivity (Wildman–Crippen MR) is 87.4 cm³/mol. The number of benzene rings is 1. The second kappa shape index (κ2) is 7.42. The fourth-order valence-corrected chi connectivity index (χ4v) is 2.75. The van der Waals surface area contributed by atoms with Gasteiger partial charge in [0.05, 0.1) is 25.7 Å². The Morgan fingerprint density at radius 1 is 1.39 bits per heavy atom. The Hall–Kier alpha value is -2.14. The second-order valence-corrected chi connectivity index (χ2v) is 5.96. The summed E-state index contributed by atoms with van der Waals surface area (Å²) in [6, 6.07) is 6.78. The lowest BCUT2D eigenvalue weighted by Crippen LogP contribution is -2.51. The normalized spacial score (nSPS) is 21.1. The minimum atomic E-state index is -0.663. The molecule has 124 valence electrons. The number of imide groups is 1. The van der Waals surface area contributed by atoms with Gasteiger partial charge < -0.3 is 9.47 Å². The average molecular weight is 317 g/mol. The molecule has 1 fully saturated rings. The summed E-state index contributed by atoms with van der Waals surface area (Å²) in [7, 11) is 1.57. The summed E-state index contributed by atoms with van der Waals surface area (Å²) in [6.45, 7) is 6.59. The van der Waals surface area contributed by atoms with Gasteiger partial charge in [-0.05, 0) is 44.0 Å². The van der Waals surface area contributed by atoms with Crippen LogP contribution in [0.3, 0.4) is 0 Å². The van der Waals surface area contributed by atoms with E-state index < -0.39 is 5.41 Å². The maximum Gasteiger partial charge on any atom is 0.260 e. The molecule has 5 heteroatoms. The molecule has 2 amide bonds. The van der Waals surface area contributed by atoms with Crippen molar-refractivity contribution in [2.75, 3.05) is 26.9 Å². The van der Waals surface area contributed by atoms with Crippen molar-refractivity contribution >= 4 is 11.8 Å². The number of ether oxygens (including phenoxy) is 2. The lowest BCUT2D eigenvalue weighted by Gasteiger charge is -2.38. The lowest BCUT2D eigenvalue weighted by atomic mass is 9.81. The third kappa shape index (κ3) is 3.79. The summed E-state index contributed by atoms with van der Waals surface area (Å²) < 4.78 is 10.6. The van der Waals surface area contributed by atoms with Crippen molar-refractivity contribution in [3.05, 3.63) is 42.5 Å². The van der Waals surface area contributed by atoms with Crippen LogP contribution in [0.5, 0.6) is 5.75 Å². The van der Waals surface area contributed by atoms with E-state index >= 15 is 0 Å². The average Bonchev–Trinajstić information content (AvgIpc) is 2.57. The highest BCUT2D eigenvalue weighted by Gasteiger charge is 2.42. The molecule has 0 N–H and O–H groups in total. The van der Waals surface area contributed by atoms with Crippen molar-refractivity contribution in [3.8, 4) is 5.75 Å². The molecule has 0 aromatic heterocycles. The number of methoxy groups -OCH3 is 1. The van der Waals surface area contributed by atoms with Gasteiger partial charge in [0.25, 0.3) is 5.91 Å². The zero-order valence-corrected chi connectivity index (χ0v) is 13.7. The Kier molecular flexibility index (Phi) is 5.55. The van der Waals surface area contributed by atoms with Crippen LogP contribution in [0, 0.1) is 5.41 Å². The third-order valence-electron chi connectivity index (χ3n) is 4.11. The molecule has 0 saturated carbocycles. The van der Waals surface area contributed by atoms with Gasteiger partial charge in [0.2, 0.25) is 5.91 Å². The van der Waals surface area contributed by atoms with Crippen molar-refractivity contribution in [2.24, 2.45) is 5.41 Å². The maximum absolute atomic E-state index is 12.8. The van der Waals surface area contributed by atoms with E-state index in [9.17, 15) is 9.59 Å². The molecule has 0 bridgehead atoms. The van der Waals surface area contributed by atoms with Gasteiger partial charge in [-0.3, -0.25) is 14.5 Å². The quantitative estimate of drug-likeness (QED) is 0.460. The minimum absolute atomic E-state index is 0.173. The van der Waals surface area contributed by atoms with Crippen LogP contribution in [-0.2, 0) is 9.53 Å². The zero-order chi connectivity index (χ0) is 16.9. The van der Waals surface area contributed by atoms with E-state index in [1.54, 1.807) is 37.5 Å². The second-order valence-electron chi connectivity index (χ2n) is 5.96. The molecule has 1 aromatic carbocycles. The van der Waals surface area contributed by atoms with E-state index in [2.05, 4.69) is 6.58 Å². The van der Waals surface area contributed by atoms with Crippen molar-refractivity contribution in [1.29, 1.82) is 0 Å². The first-order valence-corrected chi connectivity index (χ1v) is 7.71. The van der Waals surface area contributed by atoms with E-state index in [4.69, 9.17) is 9.47 Å². The molecule has 1 aromatic rings. The molecule has 0 aliphatic carbocycles. The molecule has 1 saturated heterocycles. The minimum Gasteiger partial charge on any atom is -0.497 e. The Morgan fingerprint density at radius 2 is 2.09 bits per heavy atom. The van der Waals surface area contributed by atoms with Crippen LogP contribution < -0.4 is 4.74 Å². The topological polar surface area (TPSA) is 55.8 Å². The van der Waals surface area contributed by atoms with Gasteiger partial charge in [0.1, 0.15) is 5.75 Å².